The fraction of sp³-hybridized carbons (Fsp3) is 0.727. The number of carbonyl (C=O) groups is 1. The number of rotatable bonds is 4. The predicted molar refractivity (Wildman–Crippen MR) is 69.9 cm³/mol. The van der Waals surface area contributed by atoms with Gasteiger partial charge in [-0.25, -0.2) is 4.98 Å². The summed E-state index contributed by atoms with van der Waals surface area (Å²) in [5, 5.41) is 19.3. The van der Waals surface area contributed by atoms with Crippen LogP contribution in [0, 0.1) is 12.8 Å². The molecule has 0 spiro atoms. The molecule has 0 aromatic carbocycles. The van der Waals surface area contributed by atoms with Crippen LogP contribution in [0.25, 0.3) is 0 Å². The minimum Gasteiger partial charge on any atom is -0.481 e. The summed E-state index contributed by atoms with van der Waals surface area (Å²) in [7, 11) is 0. The number of aromatic nitrogens is 2. The molecule has 1 aliphatic rings. The van der Waals surface area contributed by atoms with Gasteiger partial charge in [-0.05, 0) is 44.1 Å². The average molecular weight is 288 g/mol. The molecule has 1 saturated carbocycles. The van der Waals surface area contributed by atoms with E-state index in [2.05, 4.69) is 9.36 Å². The lowest BCUT2D eigenvalue weighted by Gasteiger charge is -2.34. The molecule has 1 aromatic rings. The van der Waals surface area contributed by atoms with E-state index < -0.39 is 11.6 Å². The zero-order valence-corrected chi connectivity index (χ0v) is 11.8. The third-order valence-corrected chi connectivity index (χ3v) is 5.44. The number of carboxylic acid groups (broad SMARTS) is 1. The fourth-order valence-electron chi connectivity index (χ4n) is 2.08. The molecule has 7 heteroatoms. The molecule has 0 unspecified atom stereocenters. The lowest BCUT2D eigenvalue weighted by molar-refractivity contribution is -0.144. The third-order valence-electron chi connectivity index (χ3n) is 3.24. The van der Waals surface area contributed by atoms with E-state index in [-0.39, 0.29) is 5.92 Å². The van der Waals surface area contributed by atoms with Crippen LogP contribution >= 0.6 is 23.3 Å². The molecule has 100 valence electrons. The van der Waals surface area contributed by atoms with Gasteiger partial charge in [0.1, 0.15) is 5.82 Å². The molecule has 5 nitrogen and oxygen atoms in total. The maximum Gasteiger partial charge on any atom is 0.306 e. The highest BCUT2D eigenvalue weighted by Crippen LogP contribution is 2.36. The molecule has 0 amide bonds. The van der Waals surface area contributed by atoms with Gasteiger partial charge in [0.25, 0.3) is 0 Å². The number of aryl methyl sites for hydroxylation is 1. The summed E-state index contributed by atoms with van der Waals surface area (Å²) >= 11 is 2.84. The molecule has 1 aliphatic carbocycles. The van der Waals surface area contributed by atoms with Gasteiger partial charge in [0, 0.05) is 5.75 Å². The highest BCUT2D eigenvalue weighted by Gasteiger charge is 2.35. The van der Waals surface area contributed by atoms with Gasteiger partial charge in [-0.15, -0.1) is 0 Å². The van der Waals surface area contributed by atoms with Crippen LogP contribution in [-0.4, -0.2) is 36.9 Å². The molecule has 0 atom stereocenters. The van der Waals surface area contributed by atoms with Crippen LogP contribution in [-0.2, 0) is 4.79 Å². The van der Waals surface area contributed by atoms with Gasteiger partial charge in [-0.3, -0.25) is 4.79 Å². The van der Waals surface area contributed by atoms with Crippen molar-refractivity contribution in [1.29, 1.82) is 0 Å². The van der Waals surface area contributed by atoms with Gasteiger partial charge < -0.3 is 10.2 Å². The van der Waals surface area contributed by atoms with Crippen LogP contribution < -0.4 is 0 Å². The molecule has 1 heterocycles. The number of aliphatic carboxylic acids is 1. The Hall–Kier alpha value is -0.660. The van der Waals surface area contributed by atoms with Crippen LogP contribution in [0.15, 0.2) is 4.34 Å². The van der Waals surface area contributed by atoms with Gasteiger partial charge in [-0.1, -0.05) is 11.8 Å². The molecule has 0 saturated heterocycles. The quantitative estimate of drug-likeness (QED) is 0.824. The van der Waals surface area contributed by atoms with Gasteiger partial charge in [-0.2, -0.15) is 4.37 Å². The first kappa shape index (κ1) is 13.8. The van der Waals surface area contributed by atoms with E-state index >= 15 is 0 Å². The van der Waals surface area contributed by atoms with Crippen molar-refractivity contribution in [2.45, 2.75) is 42.5 Å². The molecule has 18 heavy (non-hydrogen) atoms. The number of aliphatic hydroxyl groups is 1. The number of carboxylic acids is 1. The third kappa shape index (κ3) is 3.43. The maximum atomic E-state index is 10.8. The number of hydrogen-bond acceptors (Lipinski definition) is 6. The second-order valence-electron chi connectivity index (χ2n) is 4.73. The van der Waals surface area contributed by atoms with Gasteiger partial charge in [0.15, 0.2) is 4.34 Å². The monoisotopic (exact) mass is 288 g/mol. The Bertz CT molecular complexity index is 428. The summed E-state index contributed by atoms with van der Waals surface area (Å²) < 4.78 is 4.95. The Morgan fingerprint density at radius 1 is 1.56 bits per heavy atom. The lowest BCUT2D eigenvalue weighted by Crippen LogP contribution is -2.38. The predicted octanol–water partition coefficient (Wildman–Crippen LogP) is 1.94. The first-order valence-electron chi connectivity index (χ1n) is 5.87. The van der Waals surface area contributed by atoms with Crippen molar-refractivity contribution in [1.82, 2.24) is 9.36 Å². The Morgan fingerprint density at radius 3 is 2.72 bits per heavy atom. The Balaban J connectivity index is 1.84. The lowest BCUT2D eigenvalue weighted by atomic mass is 9.80. The zero-order chi connectivity index (χ0) is 13.2. The minimum atomic E-state index is -0.754. The normalized spacial score (nSPS) is 28.2. The fourth-order valence-corrected chi connectivity index (χ4v) is 3.88. The van der Waals surface area contributed by atoms with Crippen molar-refractivity contribution in [3.8, 4) is 0 Å². The summed E-state index contributed by atoms with van der Waals surface area (Å²) in [6, 6.07) is 0. The topological polar surface area (TPSA) is 83.3 Å². The number of nitrogens with zero attached hydrogens (tertiary/aromatic N) is 2. The second kappa shape index (κ2) is 5.54. The average Bonchev–Trinajstić information content (AvgIpc) is 2.73. The summed E-state index contributed by atoms with van der Waals surface area (Å²) in [5.74, 6) is 0.279. The Kier molecular flexibility index (Phi) is 4.24. The molecular formula is C11H16N2O3S2. The summed E-state index contributed by atoms with van der Waals surface area (Å²) in [6.45, 7) is 1.84. The first-order valence-corrected chi connectivity index (χ1v) is 7.63. The van der Waals surface area contributed by atoms with Crippen molar-refractivity contribution in [3.05, 3.63) is 5.82 Å². The van der Waals surface area contributed by atoms with Crippen LogP contribution in [0.5, 0.6) is 0 Å². The largest absolute Gasteiger partial charge is 0.481 e. The molecule has 0 bridgehead atoms. The van der Waals surface area contributed by atoms with E-state index in [4.69, 9.17) is 5.11 Å². The van der Waals surface area contributed by atoms with Gasteiger partial charge in [0.05, 0.1) is 11.5 Å². The SMILES string of the molecule is Cc1nsc(SCC2(O)CCC(C(=O)O)CC2)n1. The van der Waals surface area contributed by atoms with Crippen molar-refractivity contribution < 1.29 is 15.0 Å². The van der Waals surface area contributed by atoms with Crippen molar-refractivity contribution in [2.75, 3.05) is 5.75 Å². The summed E-state index contributed by atoms with van der Waals surface area (Å²) in [6.07, 6.45) is 2.21. The highest BCUT2D eigenvalue weighted by molar-refractivity contribution is 8.01. The Labute approximate surface area is 114 Å². The maximum absolute atomic E-state index is 10.8. The van der Waals surface area contributed by atoms with E-state index in [1.54, 1.807) is 0 Å². The standard InChI is InChI=1S/C11H16N2O3S2/c1-7-12-10(18-13-7)17-6-11(16)4-2-8(3-5-11)9(14)15/h8,16H,2-6H2,1H3,(H,14,15). The van der Waals surface area contributed by atoms with Crippen molar-refractivity contribution in [2.24, 2.45) is 5.92 Å². The minimum absolute atomic E-state index is 0.293. The highest BCUT2D eigenvalue weighted by atomic mass is 32.2. The van der Waals surface area contributed by atoms with Crippen molar-refractivity contribution >= 4 is 29.3 Å². The molecule has 1 aromatic heterocycles. The van der Waals surface area contributed by atoms with Crippen LogP contribution in [0.4, 0.5) is 0 Å². The summed E-state index contributed by atoms with van der Waals surface area (Å²) in [4.78, 5) is 15.1. The summed E-state index contributed by atoms with van der Waals surface area (Å²) in [5.41, 5.74) is -0.754. The second-order valence-corrected chi connectivity index (χ2v) is 6.71. The van der Waals surface area contributed by atoms with Crippen LogP contribution in [0.3, 0.4) is 0 Å². The number of thioether (sulfide) groups is 1. The van der Waals surface area contributed by atoms with Crippen molar-refractivity contribution in [3.63, 3.8) is 0 Å². The van der Waals surface area contributed by atoms with E-state index in [0.29, 0.717) is 31.4 Å². The molecular weight excluding hydrogens is 272 g/mol. The molecule has 0 aliphatic heterocycles. The van der Waals surface area contributed by atoms with Gasteiger partial charge >= 0.3 is 5.97 Å². The van der Waals surface area contributed by atoms with E-state index in [1.807, 2.05) is 6.92 Å². The molecule has 2 N–H and O–H groups in total. The van der Waals surface area contributed by atoms with E-state index in [0.717, 1.165) is 10.2 Å². The Morgan fingerprint density at radius 2 is 2.22 bits per heavy atom. The van der Waals surface area contributed by atoms with Crippen LogP contribution in [0.2, 0.25) is 0 Å². The molecule has 0 radical (unpaired) electrons. The smallest absolute Gasteiger partial charge is 0.306 e. The molecule has 1 fully saturated rings. The van der Waals surface area contributed by atoms with Crippen LogP contribution in [0.1, 0.15) is 31.5 Å². The zero-order valence-electron chi connectivity index (χ0n) is 10.1. The van der Waals surface area contributed by atoms with Gasteiger partial charge in [0.2, 0.25) is 0 Å². The van der Waals surface area contributed by atoms with E-state index in [9.17, 15) is 9.90 Å². The van der Waals surface area contributed by atoms with E-state index in [1.165, 1.54) is 23.3 Å². The first-order chi connectivity index (χ1) is 8.48. The molecule has 2 rings (SSSR count). The number of hydrogen-bond donors (Lipinski definition) is 2.